The molecule has 4 heteroatoms. The highest BCUT2D eigenvalue weighted by atomic mass is 16.5. The molecule has 112 valence electrons. The van der Waals surface area contributed by atoms with E-state index in [1.165, 1.54) is 0 Å². The van der Waals surface area contributed by atoms with Crippen LogP contribution in [0.25, 0.3) is 0 Å². The van der Waals surface area contributed by atoms with E-state index in [1.807, 2.05) is 42.5 Å². The van der Waals surface area contributed by atoms with Crippen LogP contribution in [0.2, 0.25) is 0 Å². The van der Waals surface area contributed by atoms with Crippen LogP contribution in [0.3, 0.4) is 0 Å². The number of methoxy groups -OCH3 is 1. The lowest BCUT2D eigenvalue weighted by Crippen LogP contribution is -2.22. The van der Waals surface area contributed by atoms with Gasteiger partial charge in [0.2, 0.25) is 5.91 Å². The maximum Gasteiger partial charge on any atom is 0.221 e. The zero-order chi connectivity index (χ0) is 15.6. The van der Waals surface area contributed by atoms with Crippen molar-refractivity contribution >= 4 is 5.91 Å². The van der Waals surface area contributed by atoms with Crippen LogP contribution in [0.4, 0.5) is 0 Å². The summed E-state index contributed by atoms with van der Waals surface area (Å²) >= 11 is 0. The summed E-state index contributed by atoms with van der Waals surface area (Å²) in [4.78, 5) is 15.9. The largest absolute Gasteiger partial charge is 0.497 e. The molecule has 2 rings (SSSR count). The summed E-state index contributed by atoms with van der Waals surface area (Å²) in [7, 11) is 1.62. The molecule has 0 fully saturated rings. The van der Waals surface area contributed by atoms with Crippen molar-refractivity contribution in [3.63, 3.8) is 0 Å². The van der Waals surface area contributed by atoms with E-state index in [-0.39, 0.29) is 5.91 Å². The normalized spacial score (nSPS) is 9.50. The zero-order valence-corrected chi connectivity index (χ0v) is 12.5. The second-order valence-corrected chi connectivity index (χ2v) is 4.65. The molecule has 1 amide bonds. The molecular weight excluding hydrogens is 276 g/mol. The topological polar surface area (TPSA) is 51.2 Å². The molecule has 1 heterocycles. The van der Waals surface area contributed by atoms with Crippen LogP contribution in [0.1, 0.15) is 24.1 Å². The predicted octanol–water partition coefficient (Wildman–Crippen LogP) is 2.54. The number of hydrogen-bond donors (Lipinski definition) is 1. The molecule has 4 nitrogen and oxygen atoms in total. The molecule has 1 N–H and O–H groups in total. The van der Waals surface area contributed by atoms with Crippen molar-refractivity contribution in [2.24, 2.45) is 0 Å². The molecule has 0 atom stereocenters. The molecular formula is C18H18N2O2. The predicted molar refractivity (Wildman–Crippen MR) is 85.2 cm³/mol. The Bertz CT molecular complexity index is 672. The molecule has 2 aromatic rings. The van der Waals surface area contributed by atoms with Crippen LogP contribution in [0.15, 0.2) is 48.7 Å². The van der Waals surface area contributed by atoms with E-state index in [4.69, 9.17) is 4.74 Å². The third kappa shape index (κ3) is 5.29. The number of rotatable bonds is 5. The second-order valence-electron chi connectivity index (χ2n) is 4.65. The number of aromatic nitrogens is 1. The van der Waals surface area contributed by atoms with Crippen molar-refractivity contribution in [2.75, 3.05) is 7.11 Å². The highest BCUT2D eigenvalue weighted by Gasteiger charge is 2.01. The van der Waals surface area contributed by atoms with Gasteiger partial charge in [-0.25, -0.2) is 4.98 Å². The number of nitrogens with one attached hydrogen (secondary N) is 1. The molecule has 0 radical (unpaired) electrons. The van der Waals surface area contributed by atoms with Crippen molar-refractivity contribution in [1.29, 1.82) is 0 Å². The summed E-state index contributed by atoms with van der Waals surface area (Å²) in [6.45, 7) is 0.490. The molecule has 0 aliphatic heterocycles. The van der Waals surface area contributed by atoms with Gasteiger partial charge in [0.25, 0.3) is 0 Å². The smallest absolute Gasteiger partial charge is 0.221 e. The maximum absolute atomic E-state index is 11.8. The molecule has 1 aromatic heterocycles. The van der Waals surface area contributed by atoms with Gasteiger partial charge in [-0.2, -0.15) is 0 Å². The van der Waals surface area contributed by atoms with Gasteiger partial charge in [-0.3, -0.25) is 4.79 Å². The van der Waals surface area contributed by atoms with E-state index in [2.05, 4.69) is 22.1 Å². The molecule has 0 aliphatic carbocycles. The summed E-state index contributed by atoms with van der Waals surface area (Å²) in [5.74, 6) is 6.66. The Morgan fingerprint density at radius 3 is 2.95 bits per heavy atom. The van der Waals surface area contributed by atoms with E-state index >= 15 is 0 Å². The first-order chi connectivity index (χ1) is 10.8. The summed E-state index contributed by atoms with van der Waals surface area (Å²) in [6.07, 6.45) is 2.59. The minimum atomic E-state index is -0.0156. The highest BCUT2D eigenvalue weighted by molar-refractivity contribution is 5.76. The van der Waals surface area contributed by atoms with Gasteiger partial charge in [-0.05, 0) is 35.7 Å². The van der Waals surface area contributed by atoms with Crippen LogP contribution in [-0.2, 0) is 11.3 Å². The van der Waals surface area contributed by atoms with Gasteiger partial charge in [0.15, 0.2) is 0 Å². The first-order valence-electron chi connectivity index (χ1n) is 7.07. The Kier molecular flexibility index (Phi) is 6.01. The number of ether oxygens (including phenoxy) is 1. The third-order valence-corrected chi connectivity index (χ3v) is 2.98. The number of nitrogens with zero attached hydrogens (tertiary/aromatic N) is 1. The van der Waals surface area contributed by atoms with E-state index < -0.39 is 0 Å². The number of carbonyl (C=O) groups is 1. The standard InChI is InChI=1S/C18H18N2O2/c1-22-17-10-6-7-15(13-17)14-20-18(21)11-3-2-8-16-9-4-5-12-19-16/h4-7,9-10,12-13H,3,11,14H2,1H3,(H,20,21). The van der Waals surface area contributed by atoms with Crippen LogP contribution < -0.4 is 10.1 Å². The number of pyridine rings is 1. The van der Waals surface area contributed by atoms with Crippen molar-refractivity contribution in [2.45, 2.75) is 19.4 Å². The fraction of sp³-hybridized carbons (Fsp3) is 0.222. The van der Waals surface area contributed by atoms with Crippen LogP contribution in [-0.4, -0.2) is 18.0 Å². The van der Waals surface area contributed by atoms with Gasteiger partial charge in [0.1, 0.15) is 11.4 Å². The van der Waals surface area contributed by atoms with Gasteiger partial charge in [-0.1, -0.05) is 24.1 Å². The summed E-state index contributed by atoms with van der Waals surface area (Å²) < 4.78 is 5.15. The Morgan fingerprint density at radius 2 is 2.18 bits per heavy atom. The van der Waals surface area contributed by atoms with E-state index in [1.54, 1.807) is 13.3 Å². The van der Waals surface area contributed by atoms with Gasteiger partial charge in [-0.15, -0.1) is 0 Å². The Hall–Kier alpha value is -2.80. The van der Waals surface area contributed by atoms with E-state index in [0.717, 1.165) is 17.0 Å². The monoisotopic (exact) mass is 294 g/mol. The highest BCUT2D eigenvalue weighted by Crippen LogP contribution is 2.12. The molecule has 0 spiro atoms. The maximum atomic E-state index is 11.8. The molecule has 0 saturated carbocycles. The minimum absolute atomic E-state index is 0.0156. The average molecular weight is 294 g/mol. The van der Waals surface area contributed by atoms with Crippen LogP contribution in [0.5, 0.6) is 5.75 Å². The van der Waals surface area contributed by atoms with E-state index in [9.17, 15) is 4.79 Å². The first-order valence-corrected chi connectivity index (χ1v) is 7.07. The zero-order valence-electron chi connectivity index (χ0n) is 12.5. The van der Waals surface area contributed by atoms with Crippen molar-refractivity contribution < 1.29 is 9.53 Å². The van der Waals surface area contributed by atoms with Crippen molar-refractivity contribution in [3.8, 4) is 17.6 Å². The molecule has 0 bridgehead atoms. The molecule has 22 heavy (non-hydrogen) atoms. The lowest BCUT2D eigenvalue weighted by molar-refractivity contribution is -0.121. The first kappa shape index (κ1) is 15.6. The van der Waals surface area contributed by atoms with Crippen molar-refractivity contribution in [1.82, 2.24) is 10.3 Å². The van der Waals surface area contributed by atoms with Gasteiger partial charge in [0, 0.05) is 25.6 Å². The number of hydrogen-bond acceptors (Lipinski definition) is 3. The molecule has 0 saturated heterocycles. The molecule has 0 aliphatic rings. The lowest BCUT2D eigenvalue weighted by atomic mass is 10.2. The summed E-state index contributed by atoms with van der Waals surface area (Å²) in [6, 6.07) is 13.2. The summed E-state index contributed by atoms with van der Waals surface area (Å²) in [5, 5.41) is 2.87. The van der Waals surface area contributed by atoms with Crippen LogP contribution >= 0.6 is 0 Å². The molecule has 0 unspecified atom stereocenters. The number of benzene rings is 1. The van der Waals surface area contributed by atoms with Crippen molar-refractivity contribution in [3.05, 3.63) is 59.9 Å². The SMILES string of the molecule is COc1cccc(CNC(=O)CCC#Cc2ccccn2)c1. The number of carbonyl (C=O) groups excluding carboxylic acids is 1. The fourth-order valence-corrected chi connectivity index (χ4v) is 1.84. The minimum Gasteiger partial charge on any atom is -0.497 e. The van der Waals surface area contributed by atoms with E-state index in [0.29, 0.717) is 19.4 Å². The third-order valence-electron chi connectivity index (χ3n) is 2.98. The van der Waals surface area contributed by atoms with Crippen LogP contribution in [0, 0.1) is 11.8 Å². The Morgan fingerprint density at radius 1 is 1.27 bits per heavy atom. The Labute approximate surface area is 130 Å². The quantitative estimate of drug-likeness (QED) is 0.862. The fourth-order valence-electron chi connectivity index (χ4n) is 1.84. The molecule has 1 aromatic carbocycles. The van der Waals surface area contributed by atoms with Gasteiger partial charge >= 0.3 is 0 Å². The number of amides is 1. The average Bonchev–Trinajstić information content (AvgIpc) is 2.58. The Balaban J connectivity index is 1.73. The summed E-state index contributed by atoms with van der Waals surface area (Å²) in [5.41, 5.74) is 1.73. The second kappa shape index (κ2) is 8.48. The lowest BCUT2D eigenvalue weighted by Gasteiger charge is -2.06. The van der Waals surface area contributed by atoms with Gasteiger partial charge in [0.05, 0.1) is 7.11 Å². The van der Waals surface area contributed by atoms with Gasteiger partial charge < -0.3 is 10.1 Å².